The van der Waals surface area contributed by atoms with Gasteiger partial charge in [0, 0.05) is 26.1 Å². The van der Waals surface area contributed by atoms with Crippen molar-refractivity contribution in [2.75, 3.05) is 29.9 Å². The van der Waals surface area contributed by atoms with Crippen molar-refractivity contribution in [3.05, 3.63) is 23.8 Å². The summed E-state index contributed by atoms with van der Waals surface area (Å²) in [6.07, 6.45) is -2.26. The molecule has 1 aromatic carbocycles. The summed E-state index contributed by atoms with van der Waals surface area (Å²) in [5, 5.41) is 5.03. The average Bonchev–Trinajstić information content (AvgIpc) is 2.60. The van der Waals surface area contributed by atoms with E-state index in [0.29, 0.717) is 5.69 Å². The first kappa shape index (κ1) is 22.8. The number of hydrogen-bond acceptors (Lipinski definition) is 4. The second kappa shape index (κ2) is 9.37. The van der Waals surface area contributed by atoms with Crippen LogP contribution in [-0.2, 0) is 15.7 Å². The molecule has 0 aliphatic carbocycles. The molecule has 0 bridgehead atoms. The monoisotopic (exact) mass is 415 g/mol. The fourth-order valence-corrected chi connectivity index (χ4v) is 3.03. The number of amides is 2. The molecule has 1 saturated heterocycles. The Morgan fingerprint density at radius 3 is 2.34 bits per heavy atom. The average molecular weight is 415 g/mol. The molecule has 0 aromatic heterocycles. The minimum Gasteiger partial charge on any atom is -0.444 e. The van der Waals surface area contributed by atoms with E-state index in [2.05, 4.69) is 10.6 Å². The van der Waals surface area contributed by atoms with Crippen molar-refractivity contribution in [2.24, 2.45) is 0 Å². The normalized spacial score (nSPS) is 15.0. The molecule has 1 fully saturated rings. The highest BCUT2D eigenvalue weighted by atomic mass is 19.4. The fourth-order valence-electron chi connectivity index (χ4n) is 3.03. The van der Waals surface area contributed by atoms with E-state index in [4.69, 9.17) is 4.74 Å². The van der Waals surface area contributed by atoms with Crippen LogP contribution >= 0.6 is 0 Å². The van der Waals surface area contributed by atoms with E-state index in [1.165, 1.54) is 6.07 Å². The number of rotatable bonds is 5. The third kappa shape index (κ3) is 7.47. The lowest BCUT2D eigenvalue weighted by molar-refractivity contribution is -0.137. The predicted molar refractivity (Wildman–Crippen MR) is 105 cm³/mol. The maximum absolute atomic E-state index is 13.1. The molecule has 0 spiro atoms. The molecule has 2 N–H and O–H groups in total. The second-order valence-electron chi connectivity index (χ2n) is 8.00. The number of alkyl halides is 3. The van der Waals surface area contributed by atoms with Gasteiger partial charge < -0.3 is 20.3 Å². The van der Waals surface area contributed by atoms with Gasteiger partial charge in [-0.05, 0) is 58.2 Å². The van der Waals surface area contributed by atoms with Crippen molar-refractivity contribution in [3.63, 3.8) is 0 Å². The molecule has 29 heavy (non-hydrogen) atoms. The van der Waals surface area contributed by atoms with Gasteiger partial charge in [0.2, 0.25) is 5.91 Å². The van der Waals surface area contributed by atoms with Gasteiger partial charge in [-0.3, -0.25) is 4.79 Å². The van der Waals surface area contributed by atoms with E-state index in [-0.39, 0.29) is 18.7 Å². The smallest absolute Gasteiger partial charge is 0.416 e. The standard InChI is InChI=1S/C20H28F3N3O3/c1-19(2,3)29-18(28)24-10-9-17(27)25-15-13-14(20(21,22)23)7-8-16(15)26-11-5-4-6-12-26/h7-8,13H,4-6,9-12H2,1-3H3,(H,24,28)(H,25,27). The molecule has 6 nitrogen and oxygen atoms in total. The summed E-state index contributed by atoms with van der Waals surface area (Å²) >= 11 is 0. The minimum absolute atomic E-state index is 0.0127. The Balaban J connectivity index is 2.04. The Labute approximate surface area is 168 Å². The topological polar surface area (TPSA) is 70.7 Å². The third-order valence-electron chi connectivity index (χ3n) is 4.32. The van der Waals surface area contributed by atoms with Gasteiger partial charge in [-0.15, -0.1) is 0 Å². The third-order valence-corrected chi connectivity index (χ3v) is 4.32. The summed E-state index contributed by atoms with van der Waals surface area (Å²) in [6.45, 7) is 6.63. The van der Waals surface area contributed by atoms with Gasteiger partial charge in [-0.25, -0.2) is 4.79 Å². The molecule has 9 heteroatoms. The lowest BCUT2D eigenvalue weighted by Crippen LogP contribution is -2.34. The zero-order valence-corrected chi connectivity index (χ0v) is 17.0. The molecule has 0 saturated carbocycles. The van der Waals surface area contributed by atoms with Crippen LogP contribution < -0.4 is 15.5 Å². The van der Waals surface area contributed by atoms with Gasteiger partial charge in [-0.1, -0.05) is 0 Å². The van der Waals surface area contributed by atoms with Gasteiger partial charge in [-0.2, -0.15) is 13.2 Å². The lowest BCUT2D eigenvalue weighted by Gasteiger charge is -2.31. The van der Waals surface area contributed by atoms with Crippen molar-refractivity contribution in [1.82, 2.24) is 5.32 Å². The van der Waals surface area contributed by atoms with Crippen molar-refractivity contribution >= 4 is 23.4 Å². The van der Waals surface area contributed by atoms with E-state index >= 15 is 0 Å². The van der Waals surface area contributed by atoms with Crippen LogP contribution in [0, 0.1) is 0 Å². The summed E-state index contributed by atoms with van der Waals surface area (Å²) in [7, 11) is 0. The number of benzene rings is 1. The number of piperidine rings is 1. The number of nitrogens with one attached hydrogen (secondary N) is 2. The Morgan fingerprint density at radius 1 is 1.10 bits per heavy atom. The SMILES string of the molecule is CC(C)(C)OC(=O)NCCC(=O)Nc1cc(C(F)(F)F)ccc1N1CCCCC1. The number of hydrogen-bond donors (Lipinski definition) is 2. The molecule has 0 atom stereocenters. The van der Waals surface area contributed by atoms with Crippen molar-refractivity contribution in [1.29, 1.82) is 0 Å². The van der Waals surface area contributed by atoms with Crippen LogP contribution in [0.5, 0.6) is 0 Å². The fraction of sp³-hybridized carbons (Fsp3) is 0.600. The Hall–Kier alpha value is -2.45. The Kier molecular flexibility index (Phi) is 7.37. The van der Waals surface area contributed by atoms with E-state index in [9.17, 15) is 22.8 Å². The highest BCUT2D eigenvalue weighted by Gasteiger charge is 2.32. The molecule has 0 unspecified atom stereocenters. The molecule has 1 aliphatic heterocycles. The highest BCUT2D eigenvalue weighted by Crippen LogP contribution is 2.36. The number of anilines is 2. The number of ether oxygens (including phenoxy) is 1. The van der Waals surface area contributed by atoms with Gasteiger partial charge in [0.1, 0.15) is 5.60 Å². The molecule has 1 aromatic rings. The van der Waals surface area contributed by atoms with E-state index in [1.807, 2.05) is 4.90 Å². The molecule has 0 radical (unpaired) electrons. The summed E-state index contributed by atoms with van der Waals surface area (Å²) < 4.78 is 44.4. The Morgan fingerprint density at radius 2 is 1.76 bits per heavy atom. The van der Waals surface area contributed by atoms with E-state index < -0.39 is 29.3 Å². The van der Waals surface area contributed by atoms with Crippen LogP contribution in [0.15, 0.2) is 18.2 Å². The van der Waals surface area contributed by atoms with Gasteiger partial charge in [0.05, 0.1) is 16.9 Å². The zero-order valence-electron chi connectivity index (χ0n) is 17.0. The van der Waals surface area contributed by atoms with Gasteiger partial charge >= 0.3 is 12.3 Å². The number of nitrogens with zero attached hydrogens (tertiary/aromatic N) is 1. The van der Waals surface area contributed by atoms with Crippen molar-refractivity contribution in [2.45, 2.75) is 58.2 Å². The first-order valence-corrected chi connectivity index (χ1v) is 9.68. The van der Waals surface area contributed by atoms with Crippen LogP contribution in [0.4, 0.5) is 29.3 Å². The van der Waals surface area contributed by atoms with E-state index in [1.54, 1.807) is 20.8 Å². The van der Waals surface area contributed by atoms with Crippen LogP contribution in [0.1, 0.15) is 52.0 Å². The zero-order chi connectivity index (χ0) is 21.7. The van der Waals surface area contributed by atoms with Crippen LogP contribution in [0.3, 0.4) is 0 Å². The Bertz CT molecular complexity index is 724. The maximum Gasteiger partial charge on any atom is 0.416 e. The summed E-state index contributed by atoms with van der Waals surface area (Å²) in [5.74, 6) is -0.487. The molecular formula is C20H28F3N3O3. The molecule has 1 heterocycles. The molecular weight excluding hydrogens is 387 g/mol. The van der Waals surface area contributed by atoms with E-state index in [0.717, 1.165) is 44.5 Å². The quantitative estimate of drug-likeness (QED) is 0.740. The lowest BCUT2D eigenvalue weighted by atomic mass is 10.1. The maximum atomic E-state index is 13.1. The summed E-state index contributed by atoms with van der Waals surface area (Å²) in [5.41, 5.74) is -0.774. The van der Waals surface area contributed by atoms with Crippen LogP contribution in [0.25, 0.3) is 0 Å². The molecule has 162 valence electrons. The highest BCUT2D eigenvalue weighted by molar-refractivity contribution is 5.94. The predicted octanol–water partition coefficient (Wildman–Crippen LogP) is 4.55. The van der Waals surface area contributed by atoms with Gasteiger partial charge in [0.25, 0.3) is 0 Å². The minimum atomic E-state index is -4.50. The van der Waals surface area contributed by atoms with Crippen molar-refractivity contribution in [3.8, 4) is 0 Å². The number of halogens is 3. The first-order valence-electron chi connectivity index (χ1n) is 9.68. The first-order chi connectivity index (χ1) is 13.5. The number of carbonyl (C=O) groups is 2. The largest absolute Gasteiger partial charge is 0.444 e. The summed E-state index contributed by atoms with van der Waals surface area (Å²) in [4.78, 5) is 25.9. The number of alkyl carbamates (subject to hydrolysis) is 1. The molecule has 2 rings (SSSR count). The second-order valence-corrected chi connectivity index (χ2v) is 8.00. The van der Waals surface area contributed by atoms with Gasteiger partial charge in [0.15, 0.2) is 0 Å². The van der Waals surface area contributed by atoms with Crippen molar-refractivity contribution < 1.29 is 27.5 Å². The summed E-state index contributed by atoms with van der Waals surface area (Å²) in [6, 6.07) is 3.40. The molecule has 2 amide bonds. The van der Waals surface area contributed by atoms with Crippen LogP contribution in [-0.4, -0.2) is 37.2 Å². The van der Waals surface area contributed by atoms with Crippen LogP contribution in [0.2, 0.25) is 0 Å². The molecule has 1 aliphatic rings. The number of carbonyl (C=O) groups excluding carboxylic acids is 2.